The van der Waals surface area contributed by atoms with Crippen molar-refractivity contribution in [1.82, 2.24) is 9.78 Å². The van der Waals surface area contributed by atoms with Crippen LogP contribution in [0, 0.1) is 0 Å². The van der Waals surface area contributed by atoms with Crippen molar-refractivity contribution >= 4 is 11.8 Å². The molecule has 2 aromatic rings. The molecule has 0 saturated heterocycles. The lowest BCUT2D eigenvalue weighted by molar-refractivity contribution is 0.414. The SMILES string of the molecule is COc1ccc(CSc2cnn(C)c(=O)c2)cc1. The Hall–Kier alpha value is -1.75. The lowest BCUT2D eigenvalue weighted by Gasteiger charge is -2.04. The Morgan fingerprint density at radius 2 is 2.06 bits per heavy atom. The molecule has 4 nitrogen and oxygen atoms in total. The van der Waals surface area contributed by atoms with Gasteiger partial charge in [0.15, 0.2) is 0 Å². The van der Waals surface area contributed by atoms with Gasteiger partial charge >= 0.3 is 0 Å². The quantitative estimate of drug-likeness (QED) is 0.791. The van der Waals surface area contributed by atoms with Crippen LogP contribution < -0.4 is 10.3 Å². The maximum atomic E-state index is 11.4. The summed E-state index contributed by atoms with van der Waals surface area (Å²) in [5.41, 5.74) is 1.09. The molecule has 94 valence electrons. The Kier molecular flexibility index (Phi) is 4.04. The molecule has 0 unspecified atom stereocenters. The second-order valence-corrected chi connectivity index (χ2v) is 4.84. The van der Waals surface area contributed by atoms with Gasteiger partial charge in [0.25, 0.3) is 5.56 Å². The van der Waals surface area contributed by atoms with Gasteiger partial charge < -0.3 is 4.74 Å². The molecule has 0 N–H and O–H groups in total. The van der Waals surface area contributed by atoms with Gasteiger partial charge in [0.1, 0.15) is 5.75 Å². The highest BCUT2D eigenvalue weighted by atomic mass is 32.2. The van der Waals surface area contributed by atoms with Gasteiger partial charge in [0, 0.05) is 23.8 Å². The molecule has 0 aliphatic heterocycles. The van der Waals surface area contributed by atoms with Crippen LogP contribution in [0.25, 0.3) is 0 Å². The second-order valence-electron chi connectivity index (χ2n) is 3.79. The van der Waals surface area contributed by atoms with E-state index in [1.54, 1.807) is 38.2 Å². The molecule has 0 bridgehead atoms. The van der Waals surface area contributed by atoms with E-state index in [-0.39, 0.29) is 5.56 Å². The summed E-state index contributed by atoms with van der Waals surface area (Å²) in [6, 6.07) is 9.48. The number of rotatable bonds is 4. The first-order valence-electron chi connectivity index (χ1n) is 5.48. The number of aryl methyl sites for hydroxylation is 1. The van der Waals surface area contributed by atoms with Crippen molar-refractivity contribution in [1.29, 1.82) is 0 Å². The fourth-order valence-electron chi connectivity index (χ4n) is 1.42. The Balaban J connectivity index is 2.02. The molecule has 0 atom stereocenters. The maximum Gasteiger partial charge on any atom is 0.267 e. The molecule has 1 heterocycles. The van der Waals surface area contributed by atoms with Crippen molar-refractivity contribution in [3.05, 3.63) is 52.4 Å². The summed E-state index contributed by atoms with van der Waals surface area (Å²) in [6.45, 7) is 0. The highest BCUT2D eigenvalue weighted by Gasteiger charge is 2.00. The number of thioether (sulfide) groups is 1. The van der Waals surface area contributed by atoms with Crippen LogP contribution in [-0.2, 0) is 12.8 Å². The van der Waals surface area contributed by atoms with Crippen molar-refractivity contribution in [2.45, 2.75) is 10.6 Å². The monoisotopic (exact) mass is 262 g/mol. The molecular weight excluding hydrogens is 248 g/mol. The molecule has 0 aliphatic carbocycles. The van der Waals surface area contributed by atoms with Crippen molar-refractivity contribution < 1.29 is 4.74 Å². The average molecular weight is 262 g/mol. The Bertz CT molecular complexity index is 578. The Morgan fingerprint density at radius 1 is 1.33 bits per heavy atom. The topological polar surface area (TPSA) is 44.1 Å². The zero-order valence-electron chi connectivity index (χ0n) is 10.3. The molecule has 0 fully saturated rings. The van der Waals surface area contributed by atoms with E-state index in [2.05, 4.69) is 5.10 Å². The molecule has 0 amide bonds. The van der Waals surface area contributed by atoms with E-state index in [0.717, 1.165) is 16.4 Å². The Labute approximate surface area is 110 Å². The van der Waals surface area contributed by atoms with Crippen LogP contribution in [0.4, 0.5) is 0 Å². The minimum atomic E-state index is -0.0882. The van der Waals surface area contributed by atoms with E-state index < -0.39 is 0 Å². The summed E-state index contributed by atoms with van der Waals surface area (Å²) in [4.78, 5) is 12.3. The van der Waals surface area contributed by atoms with Crippen LogP contribution in [0.1, 0.15) is 5.56 Å². The first kappa shape index (κ1) is 12.7. The van der Waals surface area contributed by atoms with Gasteiger partial charge in [-0.1, -0.05) is 12.1 Å². The fraction of sp³-hybridized carbons (Fsp3) is 0.231. The summed E-state index contributed by atoms with van der Waals surface area (Å²) in [5.74, 6) is 1.65. The first-order chi connectivity index (χ1) is 8.69. The third kappa shape index (κ3) is 3.13. The average Bonchev–Trinajstić information content (AvgIpc) is 2.41. The number of aromatic nitrogens is 2. The van der Waals surface area contributed by atoms with Crippen LogP contribution in [0.2, 0.25) is 0 Å². The van der Waals surface area contributed by atoms with Crippen molar-refractivity contribution in [2.24, 2.45) is 7.05 Å². The van der Waals surface area contributed by atoms with E-state index in [4.69, 9.17) is 4.74 Å². The van der Waals surface area contributed by atoms with Gasteiger partial charge in [-0.3, -0.25) is 4.79 Å². The van der Waals surface area contributed by atoms with E-state index in [9.17, 15) is 4.79 Å². The zero-order valence-corrected chi connectivity index (χ0v) is 11.1. The lowest BCUT2D eigenvalue weighted by atomic mass is 10.2. The smallest absolute Gasteiger partial charge is 0.267 e. The number of ether oxygens (including phenoxy) is 1. The Morgan fingerprint density at radius 3 is 2.67 bits per heavy atom. The summed E-state index contributed by atoms with van der Waals surface area (Å²) >= 11 is 1.59. The summed E-state index contributed by atoms with van der Waals surface area (Å²) in [7, 11) is 3.29. The molecule has 0 radical (unpaired) electrons. The number of nitrogens with zero attached hydrogens (tertiary/aromatic N) is 2. The van der Waals surface area contributed by atoms with Crippen LogP contribution in [0.5, 0.6) is 5.75 Å². The summed E-state index contributed by atoms with van der Waals surface area (Å²) in [5, 5.41) is 3.98. The van der Waals surface area contributed by atoms with Crippen molar-refractivity contribution in [3.8, 4) is 5.75 Å². The normalized spacial score (nSPS) is 10.3. The van der Waals surface area contributed by atoms with E-state index in [1.165, 1.54) is 10.2 Å². The van der Waals surface area contributed by atoms with E-state index >= 15 is 0 Å². The molecule has 5 heteroatoms. The van der Waals surface area contributed by atoms with Gasteiger partial charge in [0.2, 0.25) is 0 Å². The standard InChI is InChI=1S/C13H14N2O2S/c1-15-13(16)7-12(8-14-15)18-9-10-3-5-11(17-2)6-4-10/h3-8H,9H2,1-2H3. The third-order valence-corrected chi connectivity index (χ3v) is 3.54. The molecule has 1 aromatic heterocycles. The van der Waals surface area contributed by atoms with E-state index in [1.807, 2.05) is 24.3 Å². The van der Waals surface area contributed by atoms with Crippen molar-refractivity contribution in [2.75, 3.05) is 7.11 Å². The molecule has 18 heavy (non-hydrogen) atoms. The van der Waals surface area contributed by atoms with Crippen LogP contribution >= 0.6 is 11.8 Å². The number of methoxy groups -OCH3 is 1. The number of hydrogen-bond donors (Lipinski definition) is 0. The van der Waals surface area contributed by atoms with Gasteiger partial charge in [-0.25, -0.2) is 4.68 Å². The van der Waals surface area contributed by atoms with Crippen molar-refractivity contribution in [3.63, 3.8) is 0 Å². The minimum absolute atomic E-state index is 0.0882. The number of benzene rings is 1. The molecule has 0 spiro atoms. The van der Waals surface area contributed by atoms with Gasteiger partial charge in [-0.2, -0.15) is 5.10 Å². The fourth-order valence-corrected chi connectivity index (χ4v) is 2.25. The highest BCUT2D eigenvalue weighted by molar-refractivity contribution is 7.98. The summed E-state index contributed by atoms with van der Waals surface area (Å²) < 4.78 is 6.42. The predicted molar refractivity (Wildman–Crippen MR) is 72.0 cm³/mol. The van der Waals surface area contributed by atoms with E-state index in [0.29, 0.717) is 0 Å². The third-order valence-electron chi connectivity index (χ3n) is 2.51. The predicted octanol–water partition coefficient (Wildman–Crippen LogP) is 2.08. The van der Waals surface area contributed by atoms with Gasteiger partial charge in [0.05, 0.1) is 13.3 Å². The lowest BCUT2D eigenvalue weighted by Crippen LogP contribution is -2.17. The molecule has 2 rings (SSSR count). The maximum absolute atomic E-state index is 11.4. The first-order valence-corrected chi connectivity index (χ1v) is 6.46. The molecule has 0 saturated carbocycles. The van der Waals surface area contributed by atoms with Crippen LogP contribution in [0.15, 0.2) is 46.2 Å². The largest absolute Gasteiger partial charge is 0.497 e. The zero-order chi connectivity index (χ0) is 13.0. The van der Waals surface area contributed by atoms with Gasteiger partial charge in [-0.05, 0) is 17.7 Å². The number of hydrogen-bond acceptors (Lipinski definition) is 4. The van der Waals surface area contributed by atoms with Gasteiger partial charge in [-0.15, -0.1) is 11.8 Å². The summed E-state index contributed by atoms with van der Waals surface area (Å²) in [6.07, 6.45) is 1.70. The second kappa shape index (κ2) is 5.73. The molecule has 0 aliphatic rings. The van der Waals surface area contributed by atoms with Crippen LogP contribution in [0.3, 0.4) is 0 Å². The minimum Gasteiger partial charge on any atom is -0.497 e. The highest BCUT2D eigenvalue weighted by Crippen LogP contribution is 2.22. The molecule has 1 aromatic carbocycles. The molecular formula is C13H14N2O2S. The van der Waals surface area contributed by atoms with Crippen LogP contribution in [-0.4, -0.2) is 16.9 Å².